The summed E-state index contributed by atoms with van der Waals surface area (Å²) in [6.45, 7) is -0.733. The van der Waals surface area contributed by atoms with Crippen LogP contribution in [0.3, 0.4) is 0 Å². The summed E-state index contributed by atoms with van der Waals surface area (Å²) in [5, 5.41) is 14.0. The van der Waals surface area contributed by atoms with E-state index in [1.54, 1.807) is 12.1 Å². The second kappa shape index (κ2) is 6.08. The van der Waals surface area contributed by atoms with Gasteiger partial charge in [-0.15, -0.1) is 0 Å². The van der Waals surface area contributed by atoms with Crippen LogP contribution in [0.1, 0.15) is 10.4 Å². The summed E-state index contributed by atoms with van der Waals surface area (Å²) >= 11 is 0. The number of carbonyl (C=O) groups excluding carboxylic acids is 2. The van der Waals surface area contributed by atoms with Crippen molar-refractivity contribution in [2.75, 3.05) is 13.1 Å². The highest BCUT2D eigenvalue weighted by atomic mass is 16.4. The Kier molecular flexibility index (Phi) is 4.22. The monoisotopic (exact) mass is 289 g/mol. The molecule has 2 aromatic rings. The van der Waals surface area contributed by atoms with E-state index in [9.17, 15) is 14.4 Å². The molecule has 1 heterocycles. The van der Waals surface area contributed by atoms with Crippen molar-refractivity contribution in [2.45, 2.75) is 0 Å². The smallest absolute Gasteiger partial charge is 0.322 e. The molecule has 110 valence electrons. The number of carboxylic acids is 1. The lowest BCUT2D eigenvalue weighted by atomic mass is 10.1. The molecule has 0 saturated heterocycles. The predicted molar refractivity (Wildman–Crippen MR) is 75.9 cm³/mol. The third-order valence-corrected chi connectivity index (χ3v) is 2.99. The first-order chi connectivity index (χ1) is 9.97. The van der Waals surface area contributed by atoms with Crippen LogP contribution in [-0.2, 0) is 16.6 Å². The average molecular weight is 289 g/mol. The van der Waals surface area contributed by atoms with Gasteiger partial charge in [-0.1, -0.05) is 0 Å². The van der Waals surface area contributed by atoms with Gasteiger partial charge in [0.1, 0.15) is 6.54 Å². The number of nitrogens with one attached hydrogen (secondary N) is 2. The van der Waals surface area contributed by atoms with E-state index >= 15 is 0 Å². The molecule has 0 unspecified atom stereocenters. The zero-order chi connectivity index (χ0) is 15.4. The van der Waals surface area contributed by atoms with Crippen LogP contribution in [-0.4, -0.2) is 40.5 Å². The SMILES string of the molecule is Cn1ccc2cc(C(=O)NCC(=O)NCC(=O)O)ccc21. The maximum absolute atomic E-state index is 11.9. The van der Waals surface area contributed by atoms with E-state index in [0.717, 1.165) is 10.9 Å². The van der Waals surface area contributed by atoms with Crippen LogP contribution in [0.5, 0.6) is 0 Å². The molecule has 3 N–H and O–H groups in total. The van der Waals surface area contributed by atoms with Gasteiger partial charge in [0.25, 0.3) is 5.91 Å². The number of carbonyl (C=O) groups is 3. The number of carboxylic acid groups (broad SMARTS) is 1. The van der Waals surface area contributed by atoms with Crippen LogP contribution >= 0.6 is 0 Å². The normalized spacial score (nSPS) is 10.3. The molecule has 7 nitrogen and oxygen atoms in total. The van der Waals surface area contributed by atoms with E-state index in [4.69, 9.17) is 5.11 Å². The summed E-state index contributed by atoms with van der Waals surface area (Å²) in [6.07, 6.45) is 1.89. The molecule has 1 aromatic heterocycles. The molecule has 1 aromatic carbocycles. The van der Waals surface area contributed by atoms with Gasteiger partial charge in [-0.05, 0) is 24.3 Å². The maximum Gasteiger partial charge on any atom is 0.322 e. The quantitative estimate of drug-likeness (QED) is 0.727. The molecule has 7 heteroatoms. The first kappa shape index (κ1) is 14.6. The second-order valence-electron chi connectivity index (χ2n) is 4.55. The van der Waals surface area contributed by atoms with Gasteiger partial charge in [0.15, 0.2) is 0 Å². The van der Waals surface area contributed by atoms with Crippen LogP contribution in [0.15, 0.2) is 30.5 Å². The van der Waals surface area contributed by atoms with E-state index in [1.165, 1.54) is 0 Å². The molecule has 2 rings (SSSR count). The van der Waals surface area contributed by atoms with Crippen molar-refractivity contribution in [3.05, 3.63) is 36.0 Å². The summed E-state index contributed by atoms with van der Waals surface area (Å²) in [5.74, 6) is -2.07. The predicted octanol–water partition coefficient (Wildman–Crippen LogP) is 0.109. The molecule has 0 saturated carbocycles. The molecule has 0 aliphatic rings. The van der Waals surface area contributed by atoms with Gasteiger partial charge in [0.2, 0.25) is 5.91 Å². The lowest BCUT2D eigenvalue weighted by molar-refractivity contribution is -0.137. The summed E-state index contributed by atoms with van der Waals surface area (Å²) in [4.78, 5) is 33.5. The van der Waals surface area contributed by atoms with Crippen LogP contribution in [0.25, 0.3) is 10.9 Å². The number of amides is 2. The number of hydrogen-bond acceptors (Lipinski definition) is 3. The summed E-state index contributed by atoms with van der Waals surface area (Å²) < 4.78 is 1.94. The Morgan fingerprint density at radius 2 is 1.90 bits per heavy atom. The molecule has 0 spiro atoms. The van der Waals surface area contributed by atoms with Gasteiger partial charge in [-0.25, -0.2) is 0 Å². The van der Waals surface area contributed by atoms with E-state index in [0.29, 0.717) is 5.56 Å². The van der Waals surface area contributed by atoms with E-state index in [2.05, 4.69) is 10.6 Å². The number of aryl methyl sites for hydroxylation is 1. The van der Waals surface area contributed by atoms with Crippen LogP contribution in [0.4, 0.5) is 0 Å². The van der Waals surface area contributed by atoms with Gasteiger partial charge in [0, 0.05) is 29.7 Å². The average Bonchev–Trinajstić information content (AvgIpc) is 2.83. The summed E-state index contributed by atoms with van der Waals surface area (Å²) in [7, 11) is 1.91. The number of benzene rings is 1. The Balaban J connectivity index is 1.95. The first-order valence-corrected chi connectivity index (χ1v) is 6.29. The van der Waals surface area contributed by atoms with Crippen molar-refractivity contribution < 1.29 is 19.5 Å². The number of rotatable bonds is 5. The highest BCUT2D eigenvalue weighted by Crippen LogP contribution is 2.16. The van der Waals surface area contributed by atoms with Gasteiger partial charge >= 0.3 is 5.97 Å². The van der Waals surface area contributed by atoms with Crippen molar-refractivity contribution in [1.82, 2.24) is 15.2 Å². The third-order valence-electron chi connectivity index (χ3n) is 2.99. The Labute approximate surface area is 120 Å². The fourth-order valence-corrected chi connectivity index (χ4v) is 1.92. The molecule has 0 aliphatic heterocycles. The topological polar surface area (TPSA) is 100 Å². The van der Waals surface area contributed by atoms with Crippen LogP contribution in [0.2, 0.25) is 0 Å². The molecule has 21 heavy (non-hydrogen) atoms. The molecule has 0 atom stereocenters. The fourth-order valence-electron chi connectivity index (χ4n) is 1.92. The standard InChI is InChI=1S/C14H15N3O4/c1-17-5-4-9-6-10(2-3-11(9)17)14(21)16-7-12(18)15-8-13(19)20/h2-6H,7-8H2,1H3,(H,15,18)(H,16,21)(H,19,20). The Morgan fingerprint density at radius 3 is 2.62 bits per heavy atom. The zero-order valence-corrected chi connectivity index (χ0v) is 11.4. The van der Waals surface area contributed by atoms with Gasteiger partial charge in [0.05, 0.1) is 6.54 Å². The molecule has 0 bridgehead atoms. The largest absolute Gasteiger partial charge is 0.480 e. The highest BCUT2D eigenvalue weighted by molar-refractivity contribution is 5.99. The van der Waals surface area contributed by atoms with E-state index in [1.807, 2.05) is 29.9 Å². The molecule has 0 fully saturated rings. The molecular weight excluding hydrogens is 274 g/mol. The van der Waals surface area contributed by atoms with Crippen LogP contribution < -0.4 is 10.6 Å². The van der Waals surface area contributed by atoms with Crippen molar-refractivity contribution in [2.24, 2.45) is 7.05 Å². The van der Waals surface area contributed by atoms with Gasteiger partial charge in [-0.3, -0.25) is 14.4 Å². The molecule has 0 aliphatic carbocycles. The molecular formula is C14H15N3O4. The number of aliphatic carboxylic acids is 1. The van der Waals surface area contributed by atoms with Crippen molar-refractivity contribution in [3.63, 3.8) is 0 Å². The highest BCUT2D eigenvalue weighted by Gasteiger charge is 2.10. The summed E-state index contributed by atoms with van der Waals surface area (Å²) in [5.41, 5.74) is 1.45. The van der Waals surface area contributed by atoms with Crippen molar-refractivity contribution >= 4 is 28.7 Å². The minimum absolute atomic E-state index is 0.265. The molecule has 2 amide bonds. The number of fused-ring (bicyclic) bond motifs is 1. The Bertz CT molecular complexity index is 705. The lowest BCUT2D eigenvalue weighted by Gasteiger charge is -2.06. The minimum Gasteiger partial charge on any atom is -0.480 e. The zero-order valence-electron chi connectivity index (χ0n) is 11.4. The van der Waals surface area contributed by atoms with Crippen LogP contribution in [0, 0.1) is 0 Å². The third kappa shape index (κ3) is 3.59. The van der Waals surface area contributed by atoms with Crippen molar-refractivity contribution in [3.8, 4) is 0 Å². The van der Waals surface area contributed by atoms with Gasteiger partial charge in [-0.2, -0.15) is 0 Å². The van der Waals surface area contributed by atoms with E-state index < -0.39 is 18.4 Å². The minimum atomic E-state index is -1.13. The van der Waals surface area contributed by atoms with Crippen molar-refractivity contribution in [1.29, 1.82) is 0 Å². The first-order valence-electron chi connectivity index (χ1n) is 6.29. The number of aromatic nitrogens is 1. The molecule has 0 radical (unpaired) electrons. The van der Waals surface area contributed by atoms with E-state index in [-0.39, 0.29) is 12.5 Å². The number of hydrogen-bond donors (Lipinski definition) is 3. The van der Waals surface area contributed by atoms with Gasteiger partial charge < -0.3 is 20.3 Å². The maximum atomic E-state index is 11.9. The Morgan fingerprint density at radius 1 is 1.14 bits per heavy atom. The Hall–Kier alpha value is -2.83. The summed E-state index contributed by atoms with van der Waals surface area (Å²) in [6, 6.07) is 7.13. The lowest BCUT2D eigenvalue weighted by Crippen LogP contribution is -2.39. The second-order valence-corrected chi connectivity index (χ2v) is 4.55. The number of nitrogens with zero attached hydrogens (tertiary/aromatic N) is 1. The fraction of sp³-hybridized carbons (Fsp3) is 0.214.